The fourth-order valence-corrected chi connectivity index (χ4v) is 1.13. The average Bonchev–Trinajstić information content (AvgIpc) is 2.17. The first-order valence-corrected chi connectivity index (χ1v) is 4.95. The summed E-state index contributed by atoms with van der Waals surface area (Å²) in [5, 5.41) is 2.62. The van der Waals surface area contributed by atoms with Crippen LogP contribution in [0.2, 0.25) is 0 Å². The smallest absolute Gasteiger partial charge is 0.439 e. The van der Waals surface area contributed by atoms with Gasteiger partial charge in [0.25, 0.3) is 0 Å². The first-order chi connectivity index (χ1) is 6.70. The molecular formula is C10H9NaO3S. The first kappa shape index (κ1) is 14.6. The molecule has 5 heteroatoms. The van der Waals surface area contributed by atoms with E-state index in [2.05, 4.69) is 48.5 Å². The van der Waals surface area contributed by atoms with Crippen LogP contribution in [0.5, 0.6) is 0 Å². The van der Waals surface area contributed by atoms with Crippen molar-refractivity contribution in [3.63, 3.8) is 0 Å². The summed E-state index contributed by atoms with van der Waals surface area (Å²) in [6, 6.07) is 16.7. The fourth-order valence-electron chi connectivity index (χ4n) is 1.13. The van der Waals surface area contributed by atoms with Gasteiger partial charge in [-0.25, -0.2) is 0 Å². The Balaban J connectivity index is 0.000000346. The molecule has 2 aromatic carbocycles. The van der Waals surface area contributed by atoms with Crippen molar-refractivity contribution in [2.45, 2.75) is 0 Å². The molecular weight excluding hydrogens is 223 g/mol. The molecule has 2 rings (SSSR count). The van der Waals surface area contributed by atoms with Crippen molar-refractivity contribution in [1.29, 1.82) is 0 Å². The molecule has 0 aromatic heterocycles. The zero-order valence-electron chi connectivity index (χ0n) is 8.29. The Bertz CT molecular complexity index is 409. The van der Waals surface area contributed by atoms with Crippen molar-refractivity contribution >= 4 is 21.8 Å². The molecule has 0 aliphatic heterocycles. The van der Waals surface area contributed by atoms with Crippen LogP contribution >= 0.6 is 0 Å². The van der Waals surface area contributed by atoms with Crippen LogP contribution in [-0.2, 0) is 19.4 Å². The van der Waals surface area contributed by atoms with E-state index in [1.807, 2.05) is 0 Å². The van der Waals surface area contributed by atoms with Gasteiger partial charge in [-0.15, -0.1) is 0 Å². The Morgan fingerprint density at radius 3 is 1.20 bits per heavy atom. The van der Waals surface area contributed by atoms with Gasteiger partial charge in [0.05, 0.1) is 0 Å². The number of hydrogen-bond acceptors (Lipinski definition) is 3. The molecule has 3 nitrogen and oxygen atoms in total. The summed E-state index contributed by atoms with van der Waals surface area (Å²) in [4.78, 5) is 0. The van der Waals surface area contributed by atoms with Gasteiger partial charge in [0, 0.05) is 11.0 Å². The van der Waals surface area contributed by atoms with Gasteiger partial charge in [0.2, 0.25) is 0 Å². The minimum absolute atomic E-state index is 0. The summed E-state index contributed by atoms with van der Waals surface area (Å²) < 4.78 is 24.1. The van der Waals surface area contributed by atoms with Crippen LogP contribution in [0, 0.1) is 0 Å². The third-order valence-electron chi connectivity index (χ3n) is 1.66. The second kappa shape index (κ2) is 7.84. The monoisotopic (exact) mass is 232 g/mol. The van der Waals surface area contributed by atoms with E-state index in [9.17, 15) is 0 Å². The van der Waals surface area contributed by atoms with E-state index in [0.717, 1.165) is 0 Å². The second-order valence-electron chi connectivity index (χ2n) is 2.56. The van der Waals surface area contributed by atoms with Crippen LogP contribution in [0.4, 0.5) is 0 Å². The van der Waals surface area contributed by atoms with Gasteiger partial charge in [-0.3, -0.25) is 0 Å². The van der Waals surface area contributed by atoms with Gasteiger partial charge in [-0.1, -0.05) is 48.5 Å². The van der Waals surface area contributed by atoms with Crippen LogP contribution in [0.1, 0.15) is 0 Å². The predicted octanol–water partition coefficient (Wildman–Crippen LogP) is -0.387. The molecule has 2 aromatic rings. The molecule has 0 spiro atoms. The quantitative estimate of drug-likeness (QED) is 0.291. The molecule has 0 radical (unpaired) electrons. The van der Waals surface area contributed by atoms with Gasteiger partial charge in [-0.05, 0) is 10.8 Å². The molecule has 0 heterocycles. The first-order valence-electron chi connectivity index (χ1n) is 3.92. The molecule has 0 fully saturated rings. The fraction of sp³-hybridized carbons (Fsp3) is 0. The van der Waals surface area contributed by atoms with Crippen molar-refractivity contribution in [3.05, 3.63) is 48.5 Å². The summed E-state index contributed by atoms with van der Waals surface area (Å²) in [6.45, 7) is 0. The third kappa shape index (κ3) is 5.92. The zero-order valence-corrected chi connectivity index (χ0v) is 11.1. The molecule has 0 atom stereocenters. The molecule has 15 heavy (non-hydrogen) atoms. The maximum atomic E-state index is 8.56. The summed E-state index contributed by atoms with van der Waals surface area (Å²) in [7, 11) is -2.86. The van der Waals surface area contributed by atoms with Gasteiger partial charge < -0.3 is 13.0 Å². The summed E-state index contributed by atoms with van der Waals surface area (Å²) >= 11 is 0. The van der Waals surface area contributed by atoms with Crippen molar-refractivity contribution in [2.24, 2.45) is 0 Å². The average molecular weight is 232 g/mol. The van der Waals surface area contributed by atoms with E-state index in [0.29, 0.717) is 0 Å². The normalized spacial score (nSPS) is 8.93. The van der Waals surface area contributed by atoms with E-state index < -0.39 is 11.0 Å². The molecule has 0 bridgehead atoms. The Morgan fingerprint density at radius 1 is 0.800 bits per heavy atom. The SMILES string of the molecule is O=[S-](=O)O.[Na+].c1ccc2ccccc2c1. The minimum atomic E-state index is -2.86. The number of benzene rings is 2. The molecule has 74 valence electrons. The zero-order chi connectivity index (χ0) is 10.4. The van der Waals surface area contributed by atoms with Crippen molar-refractivity contribution in [2.75, 3.05) is 0 Å². The minimum Gasteiger partial charge on any atom is -0.439 e. The van der Waals surface area contributed by atoms with Crippen LogP contribution in [0.3, 0.4) is 0 Å². The van der Waals surface area contributed by atoms with E-state index in [1.54, 1.807) is 0 Å². The summed E-state index contributed by atoms with van der Waals surface area (Å²) in [6.07, 6.45) is 0. The Labute approximate surface area is 112 Å². The summed E-state index contributed by atoms with van der Waals surface area (Å²) in [5.74, 6) is 0. The van der Waals surface area contributed by atoms with E-state index in [1.165, 1.54) is 10.8 Å². The van der Waals surface area contributed by atoms with Crippen molar-refractivity contribution in [3.8, 4) is 0 Å². The third-order valence-corrected chi connectivity index (χ3v) is 1.66. The molecule has 1 N–H and O–H groups in total. The van der Waals surface area contributed by atoms with Crippen LogP contribution in [0.15, 0.2) is 48.5 Å². The Hall–Kier alpha value is -0.390. The molecule has 0 saturated carbocycles. The van der Waals surface area contributed by atoms with Crippen LogP contribution in [-0.4, -0.2) is 4.55 Å². The molecule has 0 saturated heterocycles. The Morgan fingerprint density at radius 2 is 1.00 bits per heavy atom. The van der Waals surface area contributed by atoms with E-state index in [-0.39, 0.29) is 29.6 Å². The summed E-state index contributed by atoms with van der Waals surface area (Å²) in [5.41, 5.74) is 0. The molecule has 0 aliphatic carbocycles. The van der Waals surface area contributed by atoms with Gasteiger partial charge in [0.1, 0.15) is 0 Å². The largest absolute Gasteiger partial charge is 1.00 e. The van der Waals surface area contributed by atoms with Gasteiger partial charge in [-0.2, -0.15) is 0 Å². The predicted molar refractivity (Wildman–Crippen MR) is 55.3 cm³/mol. The van der Waals surface area contributed by atoms with Crippen LogP contribution in [0.25, 0.3) is 10.8 Å². The van der Waals surface area contributed by atoms with Crippen molar-refractivity contribution < 1.29 is 42.5 Å². The maximum Gasteiger partial charge on any atom is 1.00 e. The maximum absolute atomic E-state index is 8.56. The van der Waals surface area contributed by atoms with Crippen LogP contribution < -0.4 is 29.6 Å². The molecule has 0 aliphatic rings. The number of rotatable bonds is 0. The molecule has 0 amide bonds. The van der Waals surface area contributed by atoms with E-state index >= 15 is 0 Å². The van der Waals surface area contributed by atoms with Gasteiger partial charge in [0.15, 0.2) is 0 Å². The number of fused-ring (bicyclic) bond motifs is 1. The van der Waals surface area contributed by atoms with Gasteiger partial charge >= 0.3 is 29.6 Å². The second-order valence-corrected chi connectivity index (χ2v) is 3.00. The van der Waals surface area contributed by atoms with E-state index in [4.69, 9.17) is 13.0 Å². The van der Waals surface area contributed by atoms with Crippen molar-refractivity contribution in [1.82, 2.24) is 0 Å². The topological polar surface area (TPSA) is 54.4 Å². The Kier molecular flexibility index (Phi) is 7.64. The molecule has 0 unspecified atom stereocenters. The number of hydrogen-bond donors (Lipinski definition) is 1. The standard InChI is InChI=1S/C10H8.Na.HO3S/c1-2-6-10-8-4-3-7-9(10)5-1;;1-4(2)3/h1-8H;;(H,1,2,3)/q;+1;-1.